The van der Waals surface area contributed by atoms with Gasteiger partial charge in [-0.05, 0) is 57.4 Å². The molecule has 156 valence electrons. The molecule has 0 atom stereocenters. The van der Waals surface area contributed by atoms with E-state index in [-0.39, 0.29) is 0 Å². The van der Waals surface area contributed by atoms with Crippen molar-refractivity contribution in [1.29, 1.82) is 0 Å². The molecule has 0 saturated heterocycles. The van der Waals surface area contributed by atoms with E-state index in [4.69, 9.17) is 19.6 Å². The topological polar surface area (TPSA) is 91.6 Å². The summed E-state index contributed by atoms with van der Waals surface area (Å²) >= 11 is 3.91. The van der Waals surface area contributed by atoms with E-state index in [9.17, 15) is 0 Å². The summed E-state index contributed by atoms with van der Waals surface area (Å²) in [5, 5.41) is 8.94. The first-order valence-corrected chi connectivity index (χ1v) is 13.3. The lowest BCUT2D eigenvalue weighted by molar-refractivity contribution is 0.391. The number of nitrogens with two attached hydrogens (primary N) is 1. The van der Waals surface area contributed by atoms with Crippen LogP contribution in [0.2, 0.25) is 0 Å². The number of rotatable bonds is 11. The summed E-state index contributed by atoms with van der Waals surface area (Å²) in [4.78, 5) is 0. The number of methoxy groups -OCH3 is 2. The number of aromatic nitrogens is 3. The normalized spacial score (nSPS) is 10.9. The Bertz CT molecular complexity index is 877. The van der Waals surface area contributed by atoms with Gasteiger partial charge in [0.25, 0.3) is 0 Å². The molecular formula is C18H22IN5O3S2. The van der Waals surface area contributed by atoms with Crippen molar-refractivity contribution < 1.29 is 13.9 Å². The second kappa shape index (κ2) is 11.0. The Morgan fingerprint density at radius 1 is 1.14 bits per heavy atom. The number of nitrogens with zero attached hydrogens (tertiary/aromatic N) is 4. The SMILES string of the molecule is COc1cccc(OC)c1-n1c(-c2ccco2)nnc1N(CCSI)SCCN. The van der Waals surface area contributed by atoms with Crippen molar-refractivity contribution >= 4 is 48.0 Å². The third-order valence-corrected chi connectivity index (χ3v) is 6.71. The molecular weight excluding hydrogens is 525 g/mol. The molecule has 0 unspecified atom stereocenters. The molecule has 0 aliphatic rings. The second-order valence-corrected chi connectivity index (χ2v) is 9.29. The minimum atomic E-state index is 0.563. The third-order valence-electron chi connectivity index (χ3n) is 3.97. The first-order chi connectivity index (χ1) is 14.2. The average Bonchev–Trinajstić information content (AvgIpc) is 3.43. The summed E-state index contributed by atoms with van der Waals surface area (Å²) < 4.78 is 20.9. The van der Waals surface area contributed by atoms with Crippen molar-refractivity contribution in [3.05, 3.63) is 36.6 Å². The minimum absolute atomic E-state index is 0.563. The molecule has 3 aromatic rings. The summed E-state index contributed by atoms with van der Waals surface area (Å²) in [5.74, 6) is 4.79. The van der Waals surface area contributed by atoms with E-state index < -0.39 is 0 Å². The van der Waals surface area contributed by atoms with Crippen LogP contribution >= 0.6 is 42.1 Å². The maximum absolute atomic E-state index is 5.75. The van der Waals surface area contributed by atoms with E-state index in [1.54, 1.807) is 41.4 Å². The number of benzene rings is 1. The predicted octanol–water partition coefficient (Wildman–Crippen LogP) is 4.04. The van der Waals surface area contributed by atoms with Gasteiger partial charge in [-0.15, -0.1) is 10.2 Å². The predicted molar refractivity (Wildman–Crippen MR) is 128 cm³/mol. The van der Waals surface area contributed by atoms with Crippen molar-refractivity contribution in [1.82, 2.24) is 14.8 Å². The highest BCUT2D eigenvalue weighted by Gasteiger charge is 2.26. The Kier molecular flexibility index (Phi) is 8.39. The monoisotopic (exact) mass is 547 g/mol. The molecule has 8 nitrogen and oxygen atoms in total. The van der Waals surface area contributed by atoms with Crippen LogP contribution in [0, 0.1) is 0 Å². The van der Waals surface area contributed by atoms with Crippen molar-refractivity contribution in [2.45, 2.75) is 0 Å². The quantitative estimate of drug-likeness (QED) is 0.282. The van der Waals surface area contributed by atoms with Gasteiger partial charge in [0.1, 0.15) is 17.2 Å². The molecule has 0 saturated carbocycles. The summed E-state index contributed by atoms with van der Waals surface area (Å²) in [7, 11) is 4.99. The number of anilines is 1. The van der Waals surface area contributed by atoms with Crippen molar-refractivity contribution in [3.63, 3.8) is 0 Å². The summed E-state index contributed by atoms with van der Waals surface area (Å²) in [6, 6.07) is 9.31. The first-order valence-electron chi connectivity index (χ1n) is 8.79. The molecule has 2 heterocycles. The molecule has 2 N–H and O–H groups in total. The van der Waals surface area contributed by atoms with Gasteiger partial charge in [-0.1, -0.05) is 15.0 Å². The van der Waals surface area contributed by atoms with Gasteiger partial charge in [-0.3, -0.25) is 8.87 Å². The fourth-order valence-electron chi connectivity index (χ4n) is 2.76. The fraction of sp³-hybridized carbons (Fsp3) is 0.333. The highest BCUT2D eigenvalue weighted by atomic mass is 127. The molecule has 0 bridgehead atoms. The van der Waals surface area contributed by atoms with Crippen LogP contribution in [0.25, 0.3) is 17.3 Å². The Morgan fingerprint density at radius 2 is 1.90 bits per heavy atom. The van der Waals surface area contributed by atoms with Crippen LogP contribution in [0.15, 0.2) is 41.0 Å². The van der Waals surface area contributed by atoms with Gasteiger partial charge in [0, 0.05) is 24.6 Å². The average molecular weight is 547 g/mol. The first kappa shape index (κ1) is 22.1. The van der Waals surface area contributed by atoms with Crippen LogP contribution in [0.4, 0.5) is 5.95 Å². The van der Waals surface area contributed by atoms with Crippen molar-refractivity contribution in [2.24, 2.45) is 5.73 Å². The van der Waals surface area contributed by atoms with Gasteiger partial charge in [-0.2, -0.15) is 0 Å². The summed E-state index contributed by atoms with van der Waals surface area (Å²) in [5.41, 5.74) is 6.47. The fourth-order valence-corrected chi connectivity index (χ4v) is 4.50. The molecule has 29 heavy (non-hydrogen) atoms. The highest BCUT2D eigenvalue weighted by Crippen LogP contribution is 2.39. The van der Waals surface area contributed by atoms with Crippen LogP contribution in [0.3, 0.4) is 0 Å². The van der Waals surface area contributed by atoms with Gasteiger partial charge >= 0.3 is 0 Å². The number of halogens is 1. The zero-order valence-electron chi connectivity index (χ0n) is 16.1. The van der Waals surface area contributed by atoms with E-state index in [1.165, 1.54) is 0 Å². The smallest absolute Gasteiger partial charge is 0.242 e. The molecule has 0 amide bonds. The highest BCUT2D eigenvalue weighted by molar-refractivity contribution is 14.2. The number of ether oxygens (including phenoxy) is 2. The van der Waals surface area contributed by atoms with Gasteiger partial charge in [0.2, 0.25) is 11.8 Å². The van der Waals surface area contributed by atoms with E-state index in [2.05, 4.69) is 35.7 Å². The standard InChI is InChI=1S/C18H22IN5O3S2/c1-25-13-5-3-6-14(26-2)16(13)24-17(15-7-4-10-27-15)21-22-18(24)23(9-12-28-19)29-11-8-20/h3-7,10H,8-9,11-12,20H2,1-2H3. The zero-order chi connectivity index (χ0) is 20.6. The number of hydrogen-bond acceptors (Lipinski definition) is 9. The molecule has 11 heteroatoms. The Morgan fingerprint density at radius 3 is 2.48 bits per heavy atom. The van der Waals surface area contributed by atoms with Crippen LogP contribution in [0.5, 0.6) is 11.5 Å². The molecule has 0 aliphatic carbocycles. The molecule has 2 aromatic heterocycles. The summed E-state index contributed by atoms with van der Waals surface area (Å²) in [6.07, 6.45) is 1.61. The number of para-hydroxylation sites is 1. The third kappa shape index (κ3) is 4.95. The lowest BCUT2D eigenvalue weighted by atomic mass is 10.2. The Hall–Kier alpha value is -1.57. The maximum Gasteiger partial charge on any atom is 0.242 e. The lowest BCUT2D eigenvalue weighted by Crippen LogP contribution is -2.23. The molecule has 0 radical (unpaired) electrons. The van der Waals surface area contributed by atoms with Gasteiger partial charge < -0.3 is 19.6 Å². The molecule has 3 rings (SSSR count). The lowest BCUT2D eigenvalue weighted by Gasteiger charge is -2.24. The van der Waals surface area contributed by atoms with Crippen LogP contribution in [-0.2, 0) is 0 Å². The van der Waals surface area contributed by atoms with E-state index >= 15 is 0 Å². The Labute approximate surface area is 190 Å². The zero-order valence-corrected chi connectivity index (χ0v) is 19.9. The maximum atomic E-state index is 5.75. The molecule has 0 fully saturated rings. The van der Waals surface area contributed by atoms with Gasteiger partial charge in [-0.25, -0.2) is 0 Å². The largest absolute Gasteiger partial charge is 0.494 e. The second-order valence-electron chi connectivity index (χ2n) is 5.68. The van der Waals surface area contributed by atoms with E-state index in [0.29, 0.717) is 41.3 Å². The molecule has 0 spiro atoms. The van der Waals surface area contributed by atoms with Crippen LogP contribution < -0.4 is 19.5 Å². The Balaban J connectivity index is 2.22. The number of furan rings is 1. The van der Waals surface area contributed by atoms with Gasteiger partial charge in [0.05, 0.1) is 20.5 Å². The van der Waals surface area contributed by atoms with Crippen LogP contribution in [-0.4, -0.2) is 53.6 Å². The van der Waals surface area contributed by atoms with Gasteiger partial charge in [0.15, 0.2) is 5.76 Å². The van der Waals surface area contributed by atoms with Crippen molar-refractivity contribution in [3.8, 4) is 28.8 Å². The van der Waals surface area contributed by atoms with Crippen molar-refractivity contribution in [2.75, 3.05) is 43.1 Å². The number of hydrogen-bond donors (Lipinski definition) is 1. The molecule has 0 aliphatic heterocycles. The minimum Gasteiger partial charge on any atom is -0.494 e. The van der Waals surface area contributed by atoms with Crippen LogP contribution in [0.1, 0.15) is 0 Å². The summed E-state index contributed by atoms with van der Waals surface area (Å²) in [6.45, 7) is 1.34. The van der Waals surface area contributed by atoms with E-state index in [1.807, 2.05) is 34.9 Å². The van der Waals surface area contributed by atoms with E-state index in [0.717, 1.165) is 18.1 Å². The molecule has 1 aromatic carbocycles.